The zero-order valence-electron chi connectivity index (χ0n) is 12.2. The second kappa shape index (κ2) is 8.20. The van der Waals surface area contributed by atoms with Crippen LogP contribution in [0.3, 0.4) is 0 Å². The summed E-state index contributed by atoms with van der Waals surface area (Å²) in [5, 5.41) is 12.4. The van der Waals surface area contributed by atoms with Gasteiger partial charge in [0.1, 0.15) is 0 Å². The van der Waals surface area contributed by atoms with E-state index in [9.17, 15) is 0 Å². The summed E-state index contributed by atoms with van der Waals surface area (Å²) in [5.74, 6) is 0. The van der Waals surface area contributed by atoms with Gasteiger partial charge in [0.05, 0.1) is 13.2 Å². The van der Waals surface area contributed by atoms with Crippen LogP contribution < -0.4 is 5.32 Å². The fourth-order valence-corrected chi connectivity index (χ4v) is 3.48. The Morgan fingerprint density at radius 2 is 1.84 bits per heavy atom. The Morgan fingerprint density at radius 3 is 2.53 bits per heavy atom. The molecule has 2 rings (SSSR count). The maximum atomic E-state index is 8.87. The standard InChI is InChI=1S/C15H30N2O2/c18-10-4-7-16-13-15(5-2-1-3-6-15)14-17-8-11-19-12-9-17/h16,18H,1-14H2. The number of nitrogens with zero attached hydrogens (tertiary/aromatic N) is 1. The minimum Gasteiger partial charge on any atom is -0.396 e. The lowest BCUT2D eigenvalue weighted by molar-refractivity contribution is 0.00718. The highest BCUT2D eigenvalue weighted by atomic mass is 16.5. The first kappa shape index (κ1) is 15.2. The van der Waals surface area contributed by atoms with Crippen molar-refractivity contribution < 1.29 is 9.84 Å². The summed E-state index contributed by atoms with van der Waals surface area (Å²) >= 11 is 0. The molecule has 1 saturated carbocycles. The van der Waals surface area contributed by atoms with Crippen LogP contribution in [-0.4, -0.2) is 62.6 Å². The summed E-state index contributed by atoms with van der Waals surface area (Å²) in [6, 6.07) is 0. The largest absolute Gasteiger partial charge is 0.396 e. The molecule has 1 aliphatic carbocycles. The Balaban J connectivity index is 1.82. The van der Waals surface area contributed by atoms with Crippen LogP contribution in [0.5, 0.6) is 0 Å². The number of ether oxygens (including phenoxy) is 1. The van der Waals surface area contributed by atoms with Gasteiger partial charge in [-0.1, -0.05) is 19.3 Å². The van der Waals surface area contributed by atoms with Crippen molar-refractivity contribution >= 4 is 0 Å². The molecular formula is C15H30N2O2. The van der Waals surface area contributed by atoms with Crippen molar-refractivity contribution in [1.29, 1.82) is 0 Å². The van der Waals surface area contributed by atoms with Gasteiger partial charge in [0.2, 0.25) is 0 Å². The van der Waals surface area contributed by atoms with E-state index in [4.69, 9.17) is 9.84 Å². The summed E-state index contributed by atoms with van der Waals surface area (Å²) in [6.45, 7) is 7.57. The summed E-state index contributed by atoms with van der Waals surface area (Å²) in [6.07, 6.45) is 7.75. The van der Waals surface area contributed by atoms with E-state index in [-0.39, 0.29) is 0 Å². The minimum absolute atomic E-state index is 0.295. The number of rotatable bonds is 7. The van der Waals surface area contributed by atoms with E-state index in [0.29, 0.717) is 12.0 Å². The smallest absolute Gasteiger partial charge is 0.0594 e. The molecule has 1 saturated heterocycles. The summed E-state index contributed by atoms with van der Waals surface area (Å²) < 4.78 is 5.45. The van der Waals surface area contributed by atoms with E-state index in [1.807, 2.05) is 0 Å². The lowest BCUT2D eigenvalue weighted by atomic mass is 9.73. The molecule has 19 heavy (non-hydrogen) atoms. The molecule has 0 radical (unpaired) electrons. The first-order valence-corrected chi connectivity index (χ1v) is 7.96. The van der Waals surface area contributed by atoms with Crippen molar-refractivity contribution in [1.82, 2.24) is 10.2 Å². The molecular weight excluding hydrogens is 240 g/mol. The average molecular weight is 270 g/mol. The molecule has 0 spiro atoms. The topological polar surface area (TPSA) is 44.7 Å². The van der Waals surface area contributed by atoms with Crippen molar-refractivity contribution in [2.24, 2.45) is 5.41 Å². The van der Waals surface area contributed by atoms with E-state index < -0.39 is 0 Å². The van der Waals surface area contributed by atoms with Gasteiger partial charge in [-0.15, -0.1) is 0 Å². The Hall–Kier alpha value is -0.160. The monoisotopic (exact) mass is 270 g/mol. The molecule has 4 heteroatoms. The zero-order valence-corrected chi connectivity index (χ0v) is 12.2. The van der Waals surface area contributed by atoms with Gasteiger partial charge in [-0.3, -0.25) is 4.90 Å². The number of hydrogen-bond donors (Lipinski definition) is 2. The molecule has 2 N–H and O–H groups in total. The Labute approximate surface area is 117 Å². The number of aliphatic hydroxyl groups is 1. The predicted molar refractivity (Wildman–Crippen MR) is 77.3 cm³/mol. The highest BCUT2D eigenvalue weighted by Crippen LogP contribution is 2.36. The molecule has 0 bridgehead atoms. The van der Waals surface area contributed by atoms with Crippen LogP contribution in [-0.2, 0) is 4.74 Å². The SMILES string of the molecule is OCCCNCC1(CN2CCOCC2)CCCCC1. The van der Waals surface area contributed by atoms with E-state index in [1.54, 1.807) is 0 Å². The van der Waals surface area contributed by atoms with Gasteiger partial charge in [0.25, 0.3) is 0 Å². The normalized spacial score (nSPS) is 24.5. The van der Waals surface area contributed by atoms with Crippen LogP contribution in [0.15, 0.2) is 0 Å². The van der Waals surface area contributed by atoms with Crippen LogP contribution >= 0.6 is 0 Å². The highest BCUT2D eigenvalue weighted by molar-refractivity contribution is 4.88. The average Bonchev–Trinajstić information content (AvgIpc) is 2.46. The number of hydrogen-bond acceptors (Lipinski definition) is 4. The predicted octanol–water partition coefficient (Wildman–Crippen LogP) is 1.24. The second-order valence-corrected chi connectivity index (χ2v) is 6.20. The molecule has 0 aromatic heterocycles. The first-order valence-electron chi connectivity index (χ1n) is 7.96. The lowest BCUT2D eigenvalue weighted by Crippen LogP contribution is -2.48. The maximum absolute atomic E-state index is 8.87. The first-order chi connectivity index (χ1) is 9.35. The molecule has 0 amide bonds. The third-order valence-corrected chi connectivity index (χ3v) is 4.59. The van der Waals surface area contributed by atoms with Crippen LogP contribution in [0.4, 0.5) is 0 Å². The fourth-order valence-electron chi connectivity index (χ4n) is 3.48. The highest BCUT2D eigenvalue weighted by Gasteiger charge is 2.33. The van der Waals surface area contributed by atoms with Crippen LogP contribution in [0.25, 0.3) is 0 Å². The van der Waals surface area contributed by atoms with Gasteiger partial charge in [0, 0.05) is 32.8 Å². The Kier molecular flexibility index (Phi) is 6.57. The van der Waals surface area contributed by atoms with Gasteiger partial charge in [-0.25, -0.2) is 0 Å². The van der Waals surface area contributed by atoms with Gasteiger partial charge in [-0.05, 0) is 31.2 Å². The Morgan fingerprint density at radius 1 is 1.11 bits per heavy atom. The molecule has 2 aliphatic rings. The Bertz CT molecular complexity index is 236. The van der Waals surface area contributed by atoms with Crippen molar-refractivity contribution in [2.75, 3.05) is 52.5 Å². The van der Waals surface area contributed by atoms with E-state index in [1.165, 1.54) is 38.6 Å². The zero-order chi connectivity index (χ0) is 13.4. The fraction of sp³-hybridized carbons (Fsp3) is 1.00. The quantitative estimate of drug-likeness (QED) is 0.683. The molecule has 0 atom stereocenters. The molecule has 0 aromatic carbocycles. The third kappa shape index (κ3) is 5.03. The second-order valence-electron chi connectivity index (χ2n) is 6.20. The molecule has 4 nitrogen and oxygen atoms in total. The maximum Gasteiger partial charge on any atom is 0.0594 e. The number of nitrogens with one attached hydrogen (secondary N) is 1. The minimum atomic E-state index is 0.295. The van der Waals surface area contributed by atoms with Crippen LogP contribution in [0.1, 0.15) is 38.5 Å². The summed E-state index contributed by atoms with van der Waals surface area (Å²) in [4.78, 5) is 2.59. The lowest BCUT2D eigenvalue weighted by Gasteiger charge is -2.42. The van der Waals surface area contributed by atoms with E-state index in [2.05, 4.69) is 10.2 Å². The van der Waals surface area contributed by atoms with Crippen LogP contribution in [0, 0.1) is 5.41 Å². The van der Waals surface area contributed by atoms with Gasteiger partial charge >= 0.3 is 0 Å². The molecule has 2 fully saturated rings. The third-order valence-electron chi connectivity index (χ3n) is 4.59. The van der Waals surface area contributed by atoms with Gasteiger partial charge < -0.3 is 15.2 Å². The van der Waals surface area contributed by atoms with Crippen molar-refractivity contribution in [3.63, 3.8) is 0 Å². The molecule has 0 aromatic rings. The molecule has 0 unspecified atom stereocenters. The van der Waals surface area contributed by atoms with Crippen molar-refractivity contribution in [3.05, 3.63) is 0 Å². The van der Waals surface area contributed by atoms with Gasteiger partial charge in [-0.2, -0.15) is 0 Å². The van der Waals surface area contributed by atoms with E-state index >= 15 is 0 Å². The van der Waals surface area contributed by atoms with Crippen LogP contribution in [0.2, 0.25) is 0 Å². The van der Waals surface area contributed by atoms with Gasteiger partial charge in [0.15, 0.2) is 0 Å². The van der Waals surface area contributed by atoms with E-state index in [0.717, 1.165) is 45.8 Å². The number of aliphatic hydroxyl groups excluding tert-OH is 1. The molecule has 112 valence electrons. The van der Waals surface area contributed by atoms with Crippen molar-refractivity contribution in [3.8, 4) is 0 Å². The molecule has 1 heterocycles. The summed E-state index contributed by atoms with van der Waals surface area (Å²) in [7, 11) is 0. The van der Waals surface area contributed by atoms with Crippen molar-refractivity contribution in [2.45, 2.75) is 38.5 Å². The summed E-state index contributed by atoms with van der Waals surface area (Å²) in [5.41, 5.74) is 0.463. The molecule has 1 aliphatic heterocycles. The number of morpholine rings is 1.